The van der Waals surface area contributed by atoms with Gasteiger partial charge in [-0.3, -0.25) is 4.79 Å². The lowest BCUT2D eigenvalue weighted by molar-refractivity contribution is -0.280. The van der Waals surface area contributed by atoms with E-state index in [1.165, 1.54) is 6.92 Å². The second-order valence-electron chi connectivity index (χ2n) is 9.09. The van der Waals surface area contributed by atoms with Crippen molar-refractivity contribution < 1.29 is 53.6 Å². The van der Waals surface area contributed by atoms with E-state index in [9.17, 15) is 25.2 Å². The molecule has 3 fully saturated rings. The Balaban J connectivity index is 1.65. The van der Waals surface area contributed by atoms with Gasteiger partial charge < -0.3 is 54.2 Å². The number of hydrogen-bond donors (Lipinski definition) is 5. The summed E-state index contributed by atoms with van der Waals surface area (Å²) in [5.41, 5.74) is 0. The minimum absolute atomic E-state index is 0.303. The average molecular weight is 480 g/mol. The van der Waals surface area contributed by atoms with Gasteiger partial charge in [-0.15, -0.1) is 0 Å². The maximum atomic E-state index is 11.6. The molecular formula is C21H37NO11. The van der Waals surface area contributed by atoms with Crippen LogP contribution in [0.1, 0.15) is 40.5 Å². The van der Waals surface area contributed by atoms with E-state index in [1.807, 2.05) is 6.92 Å². The number of aliphatic hydroxyl groups excluding tert-OH is 4. The molecule has 10 atom stereocenters. The Morgan fingerprint density at radius 1 is 1.15 bits per heavy atom. The summed E-state index contributed by atoms with van der Waals surface area (Å²) in [7, 11) is 0. The van der Waals surface area contributed by atoms with Gasteiger partial charge >= 0.3 is 0 Å². The number of ether oxygens (including phenoxy) is 6. The average Bonchev–Trinajstić information content (AvgIpc) is 3.22. The molecule has 0 radical (unpaired) electrons. The largest absolute Gasteiger partial charge is 0.394 e. The standard InChI is InChI=1S/C21H37NO11/c1-5-6-7-28-17-16(31-20-18(17)32-21(3,4)33-20)11(25)9-29-19-13(22-10(2)24)15(27)14(26)12(8-23)30-19/h11-20,23,25-27H,5-9H2,1-4H3,(H,22,24). The van der Waals surface area contributed by atoms with Crippen LogP contribution in [0.25, 0.3) is 0 Å². The van der Waals surface area contributed by atoms with Crippen LogP contribution in [0.5, 0.6) is 0 Å². The number of carbonyl (C=O) groups excluding carboxylic acids is 1. The molecule has 0 aromatic heterocycles. The summed E-state index contributed by atoms with van der Waals surface area (Å²) in [5, 5.41) is 43.3. The van der Waals surface area contributed by atoms with E-state index in [0.717, 1.165) is 12.8 Å². The molecule has 10 unspecified atom stereocenters. The second-order valence-corrected chi connectivity index (χ2v) is 9.09. The van der Waals surface area contributed by atoms with Crippen molar-refractivity contribution in [2.45, 2.75) is 108 Å². The predicted molar refractivity (Wildman–Crippen MR) is 111 cm³/mol. The van der Waals surface area contributed by atoms with E-state index in [0.29, 0.717) is 6.61 Å². The summed E-state index contributed by atoms with van der Waals surface area (Å²) in [6, 6.07) is -1.11. The molecule has 3 aliphatic heterocycles. The Morgan fingerprint density at radius 3 is 2.52 bits per heavy atom. The summed E-state index contributed by atoms with van der Waals surface area (Å²) in [6.45, 7) is 6.41. The maximum absolute atomic E-state index is 11.6. The van der Waals surface area contributed by atoms with E-state index in [-0.39, 0.29) is 6.61 Å². The molecule has 12 heteroatoms. The Hall–Kier alpha value is -0.930. The lowest BCUT2D eigenvalue weighted by Gasteiger charge is -2.42. The van der Waals surface area contributed by atoms with Crippen LogP contribution < -0.4 is 5.32 Å². The number of hydrogen-bond acceptors (Lipinski definition) is 11. The molecule has 0 aromatic rings. The monoisotopic (exact) mass is 479 g/mol. The first-order chi connectivity index (χ1) is 15.6. The Labute approximate surface area is 193 Å². The van der Waals surface area contributed by atoms with Crippen molar-refractivity contribution in [3.63, 3.8) is 0 Å². The second kappa shape index (κ2) is 11.2. The highest BCUT2D eigenvalue weighted by Gasteiger charge is 2.57. The zero-order valence-corrected chi connectivity index (χ0v) is 19.5. The van der Waals surface area contributed by atoms with Crippen LogP contribution in [0.2, 0.25) is 0 Å². The topological polar surface area (TPSA) is 165 Å². The molecule has 192 valence electrons. The Morgan fingerprint density at radius 2 is 1.88 bits per heavy atom. The first kappa shape index (κ1) is 26.7. The quantitative estimate of drug-likeness (QED) is 0.228. The summed E-state index contributed by atoms with van der Waals surface area (Å²) in [4.78, 5) is 11.6. The van der Waals surface area contributed by atoms with Crippen molar-refractivity contribution in [3.8, 4) is 0 Å². The number of unbranched alkanes of at least 4 members (excludes halogenated alkanes) is 1. The molecule has 33 heavy (non-hydrogen) atoms. The van der Waals surface area contributed by atoms with Crippen LogP contribution in [0.4, 0.5) is 0 Å². The van der Waals surface area contributed by atoms with Crippen LogP contribution in [0.15, 0.2) is 0 Å². The van der Waals surface area contributed by atoms with Gasteiger partial charge in [-0.1, -0.05) is 13.3 Å². The summed E-state index contributed by atoms with van der Waals surface area (Å²) < 4.78 is 34.8. The van der Waals surface area contributed by atoms with Gasteiger partial charge in [-0.25, -0.2) is 0 Å². The van der Waals surface area contributed by atoms with Gasteiger partial charge in [-0.05, 0) is 20.3 Å². The number of amides is 1. The molecule has 0 bridgehead atoms. The van der Waals surface area contributed by atoms with Crippen molar-refractivity contribution in [1.29, 1.82) is 0 Å². The van der Waals surface area contributed by atoms with Crippen molar-refractivity contribution in [3.05, 3.63) is 0 Å². The number of aliphatic hydroxyl groups is 4. The van der Waals surface area contributed by atoms with Gasteiger partial charge in [0.2, 0.25) is 5.91 Å². The zero-order chi connectivity index (χ0) is 24.3. The van der Waals surface area contributed by atoms with Crippen LogP contribution in [0.3, 0.4) is 0 Å². The van der Waals surface area contributed by atoms with Crippen molar-refractivity contribution in [1.82, 2.24) is 5.32 Å². The van der Waals surface area contributed by atoms with Gasteiger partial charge in [0, 0.05) is 13.5 Å². The molecule has 3 heterocycles. The third-order valence-corrected chi connectivity index (χ3v) is 5.90. The molecule has 0 saturated carbocycles. The molecule has 1 amide bonds. The highest BCUT2D eigenvalue weighted by molar-refractivity contribution is 5.73. The molecule has 12 nitrogen and oxygen atoms in total. The molecule has 0 spiro atoms. The van der Waals surface area contributed by atoms with Crippen LogP contribution in [0, 0.1) is 0 Å². The van der Waals surface area contributed by atoms with E-state index in [2.05, 4.69) is 5.32 Å². The summed E-state index contributed by atoms with van der Waals surface area (Å²) >= 11 is 0. The number of carbonyl (C=O) groups is 1. The third-order valence-electron chi connectivity index (χ3n) is 5.90. The normalized spacial score (nSPS) is 41.0. The molecule has 3 saturated heterocycles. The van der Waals surface area contributed by atoms with E-state index in [1.54, 1.807) is 13.8 Å². The summed E-state index contributed by atoms with van der Waals surface area (Å²) in [6.07, 6.45) is -7.30. The maximum Gasteiger partial charge on any atom is 0.217 e. The van der Waals surface area contributed by atoms with Gasteiger partial charge in [0.1, 0.15) is 48.8 Å². The fourth-order valence-corrected chi connectivity index (χ4v) is 4.27. The number of nitrogens with one attached hydrogen (secondary N) is 1. The van der Waals surface area contributed by atoms with Gasteiger partial charge in [0.25, 0.3) is 0 Å². The smallest absolute Gasteiger partial charge is 0.217 e. The first-order valence-electron chi connectivity index (χ1n) is 11.4. The predicted octanol–water partition coefficient (Wildman–Crippen LogP) is -1.63. The van der Waals surface area contributed by atoms with E-state index in [4.69, 9.17) is 28.4 Å². The molecule has 3 aliphatic rings. The molecule has 0 aromatic carbocycles. The highest BCUT2D eigenvalue weighted by atomic mass is 16.8. The molecular weight excluding hydrogens is 442 g/mol. The van der Waals surface area contributed by atoms with Crippen LogP contribution in [-0.4, -0.2) is 113 Å². The van der Waals surface area contributed by atoms with Crippen molar-refractivity contribution in [2.24, 2.45) is 0 Å². The molecule has 3 rings (SSSR count). The molecule has 5 N–H and O–H groups in total. The van der Waals surface area contributed by atoms with Gasteiger partial charge in [-0.2, -0.15) is 0 Å². The van der Waals surface area contributed by atoms with Gasteiger partial charge in [0.15, 0.2) is 18.4 Å². The zero-order valence-electron chi connectivity index (χ0n) is 19.5. The van der Waals surface area contributed by atoms with Crippen LogP contribution >= 0.6 is 0 Å². The minimum Gasteiger partial charge on any atom is -0.394 e. The third kappa shape index (κ3) is 6.20. The van der Waals surface area contributed by atoms with Gasteiger partial charge in [0.05, 0.1) is 13.2 Å². The lowest BCUT2D eigenvalue weighted by atomic mass is 9.97. The van der Waals surface area contributed by atoms with Crippen LogP contribution in [-0.2, 0) is 33.2 Å². The first-order valence-corrected chi connectivity index (χ1v) is 11.4. The molecule has 0 aliphatic carbocycles. The van der Waals surface area contributed by atoms with Crippen molar-refractivity contribution in [2.75, 3.05) is 19.8 Å². The fourth-order valence-electron chi connectivity index (χ4n) is 4.27. The van der Waals surface area contributed by atoms with Crippen molar-refractivity contribution >= 4 is 5.91 Å². The minimum atomic E-state index is -1.45. The SMILES string of the molecule is CCCCOC1C(C(O)COC2OC(CO)C(O)C(O)C2NC(C)=O)OC2OC(C)(C)OC21. The fraction of sp³-hybridized carbons (Fsp3) is 0.952. The summed E-state index contributed by atoms with van der Waals surface area (Å²) in [5.74, 6) is -1.31. The Bertz CT molecular complexity index is 650. The number of fused-ring (bicyclic) bond motifs is 1. The number of rotatable bonds is 10. The Kier molecular flexibility index (Phi) is 9.06. The van der Waals surface area contributed by atoms with E-state index < -0.39 is 79.7 Å². The lowest BCUT2D eigenvalue weighted by Crippen LogP contribution is -2.64. The van der Waals surface area contributed by atoms with E-state index >= 15 is 0 Å². The highest BCUT2D eigenvalue weighted by Crippen LogP contribution is 2.40.